The van der Waals surface area contributed by atoms with Gasteiger partial charge in [-0.2, -0.15) is 0 Å². The van der Waals surface area contributed by atoms with Gasteiger partial charge < -0.3 is 4.90 Å². The smallest absolute Gasteiger partial charge is 0.250 e. The normalized spacial score (nSPS) is 31.4. The number of hydrogen-bond acceptors (Lipinski definition) is 2. The fourth-order valence-corrected chi connectivity index (χ4v) is 2.53. The second-order valence-corrected chi connectivity index (χ2v) is 4.22. The van der Waals surface area contributed by atoms with E-state index < -0.39 is 5.54 Å². The highest BCUT2D eigenvalue weighted by Crippen LogP contribution is 2.37. The van der Waals surface area contributed by atoms with Crippen molar-refractivity contribution in [2.24, 2.45) is 0 Å². The third-order valence-corrected chi connectivity index (χ3v) is 3.32. The van der Waals surface area contributed by atoms with Gasteiger partial charge in [0, 0.05) is 12.1 Å². The van der Waals surface area contributed by atoms with Crippen LogP contribution in [0.15, 0.2) is 11.6 Å². The van der Waals surface area contributed by atoms with Gasteiger partial charge in [0.2, 0.25) is 5.91 Å². The minimum Gasteiger partial charge on any atom is -0.323 e. The summed E-state index contributed by atoms with van der Waals surface area (Å²) < 4.78 is 0. The molecule has 2 heterocycles. The number of Topliss-reactive ketones (excluding diaryl/α,β-unsaturated/α-hetero) is 1. The number of carbonyl (C=O) groups excluding carboxylic acids is 2. The number of ketones is 1. The maximum atomic E-state index is 11.8. The maximum Gasteiger partial charge on any atom is 0.250 e. The van der Waals surface area contributed by atoms with Crippen LogP contribution in [0.1, 0.15) is 33.1 Å². The third kappa shape index (κ3) is 1.04. The molecular weight excluding hydrogens is 178 g/mol. The Hall–Kier alpha value is -1.12. The monoisotopic (exact) mass is 193 g/mol. The van der Waals surface area contributed by atoms with Crippen LogP contribution in [0, 0.1) is 0 Å². The minimum atomic E-state index is -0.584. The molecule has 1 amide bonds. The lowest BCUT2D eigenvalue weighted by atomic mass is 9.85. The van der Waals surface area contributed by atoms with Crippen LogP contribution in [-0.4, -0.2) is 28.7 Å². The van der Waals surface area contributed by atoms with Crippen LogP contribution in [0.25, 0.3) is 0 Å². The molecule has 0 unspecified atom stereocenters. The van der Waals surface area contributed by atoms with Crippen LogP contribution >= 0.6 is 0 Å². The Morgan fingerprint density at radius 2 is 2.21 bits per heavy atom. The molecule has 0 aromatic heterocycles. The molecule has 3 nitrogen and oxygen atoms in total. The van der Waals surface area contributed by atoms with Gasteiger partial charge in [-0.1, -0.05) is 0 Å². The summed E-state index contributed by atoms with van der Waals surface area (Å²) in [7, 11) is 0. The molecule has 2 aliphatic rings. The Morgan fingerprint density at radius 3 is 2.79 bits per heavy atom. The van der Waals surface area contributed by atoms with Gasteiger partial charge in [0.1, 0.15) is 5.54 Å². The van der Waals surface area contributed by atoms with Crippen LogP contribution in [0.3, 0.4) is 0 Å². The van der Waals surface area contributed by atoms with Crippen LogP contribution < -0.4 is 0 Å². The summed E-state index contributed by atoms with van der Waals surface area (Å²) >= 11 is 0. The summed E-state index contributed by atoms with van der Waals surface area (Å²) in [6.07, 6.45) is 4.71. The molecule has 0 N–H and O–H groups in total. The molecule has 2 aliphatic heterocycles. The molecule has 1 atom stereocenters. The Balaban J connectivity index is 2.44. The molecule has 0 spiro atoms. The number of amides is 1. The van der Waals surface area contributed by atoms with E-state index in [0.717, 1.165) is 31.4 Å². The highest BCUT2D eigenvalue weighted by atomic mass is 16.2. The van der Waals surface area contributed by atoms with Gasteiger partial charge in [-0.3, -0.25) is 9.59 Å². The average Bonchev–Trinajstić information content (AvgIpc) is 2.41. The molecule has 1 saturated heterocycles. The molecule has 0 saturated carbocycles. The van der Waals surface area contributed by atoms with Crippen molar-refractivity contribution in [3.63, 3.8) is 0 Å². The van der Waals surface area contributed by atoms with Crippen LogP contribution in [0.4, 0.5) is 0 Å². The molecule has 0 radical (unpaired) electrons. The van der Waals surface area contributed by atoms with Crippen molar-refractivity contribution in [1.82, 2.24) is 4.90 Å². The van der Waals surface area contributed by atoms with Gasteiger partial charge in [-0.25, -0.2) is 0 Å². The van der Waals surface area contributed by atoms with Crippen molar-refractivity contribution in [3.8, 4) is 0 Å². The predicted octanol–water partition coefficient (Wildman–Crippen LogP) is 1.29. The molecule has 0 aliphatic carbocycles. The zero-order chi connectivity index (χ0) is 10.3. The van der Waals surface area contributed by atoms with Gasteiger partial charge in [-0.05, 0) is 39.2 Å². The first-order chi connectivity index (χ1) is 6.58. The summed E-state index contributed by atoms with van der Waals surface area (Å²) in [6.45, 7) is 4.11. The molecule has 2 rings (SSSR count). The number of piperidine rings is 1. The summed E-state index contributed by atoms with van der Waals surface area (Å²) in [4.78, 5) is 25.2. The van der Waals surface area contributed by atoms with Crippen molar-refractivity contribution < 1.29 is 9.59 Å². The van der Waals surface area contributed by atoms with Gasteiger partial charge >= 0.3 is 0 Å². The Morgan fingerprint density at radius 1 is 1.50 bits per heavy atom. The Bertz CT molecular complexity index is 332. The zero-order valence-corrected chi connectivity index (χ0v) is 8.67. The van der Waals surface area contributed by atoms with Crippen LogP contribution in [0.2, 0.25) is 0 Å². The number of fused-ring (bicyclic) bond motifs is 1. The minimum absolute atomic E-state index is 0.0416. The zero-order valence-electron chi connectivity index (χ0n) is 8.67. The summed E-state index contributed by atoms with van der Waals surface area (Å²) in [5.41, 5.74) is 0.140. The molecule has 0 bridgehead atoms. The predicted molar refractivity (Wildman–Crippen MR) is 52.7 cm³/mol. The van der Waals surface area contributed by atoms with Crippen molar-refractivity contribution in [3.05, 3.63) is 11.6 Å². The lowest BCUT2D eigenvalue weighted by Gasteiger charge is -2.39. The molecule has 1 fully saturated rings. The first kappa shape index (κ1) is 9.44. The molecule has 0 aromatic carbocycles. The first-order valence-electron chi connectivity index (χ1n) is 5.10. The highest BCUT2D eigenvalue weighted by molar-refractivity contribution is 6.04. The van der Waals surface area contributed by atoms with Gasteiger partial charge in [0.25, 0.3) is 0 Å². The van der Waals surface area contributed by atoms with Gasteiger partial charge in [-0.15, -0.1) is 0 Å². The van der Waals surface area contributed by atoms with E-state index in [1.165, 1.54) is 0 Å². The van der Waals surface area contributed by atoms with E-state index in [1.54, 1.807) is 18.7 Å². The van der Waals surface area contributed by atoms with Crippen molar-refractivity contribution in [2.45, 2.75) is 38.6 Å². The highest BCUT2D eigenvalue weighted by Gasteiger charge is 2.48. The quantitative estimate of drug-likeness (QED) is 0.629. The third-order valence-electron chi connectivity index (χ3n) is 3.32. The van der Waals surface area contributed by atoms with Gasteiger partial charge in [0.05, 0.1) is 0 Å². The number of rotatable bonds is 1. The lowest BCUT2D eigenvalue weighted by molar-refractivity contribution is -0.140. The number of hydrogen-bond donors (Lipinski definition) is 0. The number of nitrogens with zero attached hydrogens (tertiary/aromatic N) is 1. The van der Waals surface area contributed by atoms with E-state index in [2.05, 4.69) is 0 Å². The number of carbonyl (C=O) groups is 2. The van der Waals surface area contributed by atoms with E-state index in [0.29, 0.717) is 0 Å². The largest absolute Gasteiger partial charge is 0.323 e. The second-order valence-electron chi connectivity index (χ2n) is 4.22. The SMILES string of the molecule is CC(=O)[C@]12C=C(C)C(=O)N1CCCC2. The van der Waals surface area contributed by atoms with E-state index in [9.17, 15) is 9.59 Å². The van der Waals surface area contributed by atoms with Crippen molar-refractivity contribution in [1.29, 1.82) is 0 Å². The maximum absolute atomic E-state index is 11.8. The topological polar surface area (TPSA) is 37.4 Å². The van der Waals surface area contributed by atoms with Crippen LogP contribution in [0.5, 0.6) is 0 Å². The lowest BCUT2D eigenvalue weighted by Crippen LogP contribution is -2.54. The average molecular weight is 193 g/mol. The van der Waals surface area contributed by atoms with E-state index >= 15 is 0 Å². The Kier molecular flexibility index (Phi) is 1.98. The van der Waals surface area contributed by atoms with Crippen molar-refractivity contribution >= 4 is 11.7 Å². The fraction of sp³-hybridized carbons (Fsp3) is 0.636. The van der Waals surface area contributed by atoms with E-state index in [1.807, 2.05) is 6.08 Å². The van der Waals surface area contributed by atoms with Crippen molar-refractivity contribution in [2.75, 3.05) is 6.54 Å². The molecule has 3 heteroatoms. The molecular formula is C11H15NO2. The van der Waals surface area contributed by atoms with Gasteiger partial charge in [0.15, 0.2) is 5.78 Å². The second kappa shape index (κ2) is 2.94. The fourth-order valence-electron chi connectivity index (χ4n) is 2.53. The summed E-state index contributed by atoms with van der Waals surface area (Å²) in [5, 5.41) is 0. The summed E-state index contributed by atoms with van der Waals surface area (Å²) in [5.74, 6) is 0.141. The van der Waals surface area contributed by atoms with Crippen LogP contribution in [-0.2, 0) is 9.59 Å². The van der Waals surface area contributed by atoms with E-state index in [4.69, 9.17) is 0 Å². The summed E-state index contributed by atoms with van der Waals surface area (Å²) in [6, 6.07) is 0. The standard InChI is InChI=1S/C11H15NO2/c1-8-7-11(9(2)13)5-3-4-6-12(11)10(8)14/h7H,3-6H2,1-2H3/t11-/m0/s1. The Labute approximate surface area is 83.8 Å². The first-order valence-corrected chi connectivity index (χ1v) is 5.10. The molecule has 76 valence electrons. The molecule has 14 heavy (non-hydrogen) atoms. The van der Waals surface area contributed by atoms with E-state index in [-0.39, 0.29) is 11.7 Å². The molecule has 0 aromatic rings.